The number of aliphatic imine (C=N–C) groups is 2. The molecule has 1 rings (SSSR count). The molecule has 0 fully saturated rings. The molecule has 0 aromatic heterocycles. The van der Waals surface area contributed by atoms with E-state index in [1.54, 1.807) is 7.05 Å². The number of hydrogen-bond acceptors (Lipinski definition) is 3. The fourth-order valence-corrected chi connectivity index (χ4v) is 1.45. The van der Waals surface area contributed by atoms with Crippen LogP contribution >= 0.6 is 0 Å². The Balaban J connectivity index is 3.12. The van der Waals surface area contributed by atoms with Gasteiger partial charge in [0, 0.05) is 45.3 Å². The predicted molar refractivity (Wildman–Crippen MR) is 77.0 cm³/mol. The van der Waals surface area contributed by atoms with Crippen molar-refractivity contribution < 1.29 is 0 Å². The van der Waals surface area contributed by atoms with Gasteiger partial charge >= 0.3 is 0 Å². The van der Waals surface area contributed by atoms with Crippen molar-refractivity contribution in [2.45, 2.75) is 19.9 Å². The van der Waals surface area contributed by atoms with E-state index in [0.717, 1.165) is 16.8 Å². The fraction of sp³-hybridized carbons (Fsp3) is 0.429. The van der Waals surface area contributed by atoms with Crippen molar-refractivity contribution in [2.24, 2.45) is 9.98 Å². The van der Waals surface area contributed by atoms with Gasteiger partial charge in [0.15, 0.2) is 0 Å². The first-order chi connectivity index (χ1) is 8.02. The lowest BCUT2D eigenvalue weighted by Crippen LogP contribution is -2.09. The summed E-state index contributed by atoms with van der Waals surface area (Å²) < 4.78 is 0. The number of rotatable bonds is 4. The van der Waals surface area contributed by atoms with E-state index in [4.69, 9.17) is 0 Å². The summed E-state index contributed by atoms with van der Waals surface area (Å²) >= 11 is 0. The summed E-state index contributed by atoms with van der Waals surface area (Å²) in [5, 5.41) is 0. The molecule has 0 saturated heterocycles. The summed E-state index contributed by atoms with van der Waals surface area (Å²) in [6.07, 6.45) is 3.78. The second kappa shape index (κ2) is 6.18. The Labute approximate surface area is 104 Å². The maximum atomic E-state index is 4.41. The Bertz CT molecular complexity index is 417. The zero-order chi connectivity index (χ0) is 12.8. The zero-order valence-corrected chi connectivity index (χ0v) is 11.3. The molecule has 0 bridgehead atoms. The Morgan fingerprint density at radius 1 is 1.06 bits per heavy atom. The van der Waals surface area contributed by atoms with Gasteiger partial charge in [-0.15, -0.1) is 0 Å². The number of benzene rings is 1. The first kappa shape index (κ1) is 13.4. The lowest BCUT2D eigenvalue weighted by Gasteiger charge is -2.14. The van der Waals surface area contributed by atoms with Gasteiger partial charge in [0.25, 0.3) is 0 Å². The lowest BCUT2D eigenvalue weighted by atomic mass is 10.1. The number of anilines is 1. The Kier molecular flexibility index (Phi) is 4.88. The molecular formula is C14H21N3. The van der Waals surface area contributed by atoms with Gasteiger partial charge in [0.05, 0.1) is 0 Å². The third kappa shape index (κ3) is 4.39. The van der Waals surface area contributed by atoms with Crippen molar-refractivity contribution in [3.05, 3.63) is 29.3 Å². The molecular weight excluding hydrogens is 210 g/mol. The summed E-state index contributed by atoms with van der Waals surface area (Å²) in [6.45, 7) is 4.14. The fourth-order valence-electron chi connectivity index (χ4n) is 1.45. The van der Waals surface area contributed by atoms with Crippen LogP contribution in [-0.4, -0.2) is 39.6 Å². The van der Waals surface area contributed by atoms with Gasteiger partial charge in [-0.1, -0.05) is 0 Å². The molecule has 0 saturated carbocycles. The van der Waals surface area contributed by atoms with Crippen LogP contribution in [0.5, 0.6) is 0 Å². The first-order valence-electron chi connectivity index (χ1n) is 5.80. The molecule has 92 valence electrons. The van der Waals surface area contributed by atoms with E-state index in [9.17, 15) is 0 Å². The highest BCUT2D eigenvalue weighted by atomic mass is 15.1. The quantitative estimate of drug-likeness (QED) is 0.732. The van der Waals surface area contributed by atoms with Crippen molar-refractivity contribution in [3.63, 3.8) is 0 Å². The normalized spacial score (nSPS) is 11.9. The average molecular weight is 231 g/mol. The van der Waals surface area contributed by atoms with E-state index in [1.807, 2.05) is 26.5 Å². The van der Waals surface area contributed by atoms with Gasteiger partial charge in [-0.2, -0.15) is 0 Å². The topological polar surface area (TPSA) is 28.0 Å². The predicted octanol–water partition coefficient (Wildman–Crippen LogP) is 2.63. The highest BCUT2D eigenvalue weighted by Gasteiger charge is 2.00. The van der Waals surface area contributed by atoms with Gasteiger partial charge in [0.1, 0.15) is 0 Å². The van der Waals surface area contributed by atoms with Crippen LogP contribution in [0.4, 0.5) is 5.69 Å². The van der Waals surface area contributed by atoms with Gasteiger partial charge in [-0.3, -0.25) is 9.98 Å². The van der Waals surface area contributed by atoms with Crippen LogP contribution in [0.1, 0.15) is 25.0 Å². The third-order valence-electron chi connectivity index (χ3n) is 2.28. The molecule has 0 N–H and O–H groups in total. The van der Waals surface area contributed by atoms with Crippen LogP contribution in [0.15, 0.2) is 28.2 Å². The van der Waals surface area contributed by atoms with Crippen LogP contribution in [0.2, 0.25) is 0 Å². The van der Waals surface area contributed by atoms with Crippen molar-refractivity contribution in [1.29, 1.82) is 0 Å². The molecule has 0 spiro atoms. The largest absolute Gasteiger partial charge is 0.378 e. The molecule has 0 aliphatic carbocycles. The Morgan fingerprint density at radius 3 is 2.12 bits per heavy atom. The molecule has 17 heavy (non-hydrogen) atoms. The van der Waals surface area contributed by atoms with E-state index in [0.29, 0.717) is 6.04 Å². The van der Waals surface area contributed by atoms with E-state index < -0.39 is 0 Å². The Morgan fingerprint density at radius 2 is 1.65 bits per heavy atom. The van der Waals surface area contributed by atoms with E-state index in [1.165, 1.54) is 0 Å². The summed E-state index contributed by atoms with van der Waals surface area (Å²) in [7, 11) is 5.85. The smallest absolute Gasteiger partial charge is 0.0443 e. The minimum atomic E-state index is 0.321. The lowest BCUT2D eigenvalue weighted by molar-refractivity contribution is 0.841. The minimum absolute atomic E-state index is 0.321. The molecule has 0 atom stereocenters. The standard InChI is InChI=1S/C14H21N3/c1-11(2)16-10-13-6-12(9-15-3)7-14(8-13)17(4)5/h6-11H,1-5H3. The third-order valence-corrected chi connectivity index (χ3v) is 2.28. The summed E-state index contributed by atoms with van der Waals surface area (Å²) in [5.74, 6) is 0. The molecule has 1 aromatic carbocycles. The van der Waals surface area contributed by atoms with Gasteiger partial charge in [-0.25, -0.2) is 0 Å². The summed E-state index contributed by atoms with van der Waals surface area (Å²) in [5.41, 5.74) is 3.37. The van der Waals surface area contributed by atoms with E-state index in [-0.39, 0.29) is 0 Å². The highest BCUT2D eigenvalue weighted by Crippen LogP contribution is 2.15. The summed E-state index contributed by atoms with van der Waals surface area (Å²) in [6, 6.07) is 6.64. The van der Waals surface area contributed by atoms with Crippen LogP contribution in [0.3, 0.4) is 0 Å². The molecule has 1 aromatic rings. The van der Waals surface area contributed by atoms with Crippen molar-refractivity contribution in [3.8, 4) is 0 Å². The van der Waals surface area contributed by atoms with Crippen LogP contribution in [-0.2, 0) is 0 Å². The molecule has 0 unspecified atom stereocenters. The van der Waals surface area contributed by atoms with Crippen LogP contribution in [0, 0.1) is 0 Å². The van der Waals surface area contributed by atoms with Crippen molar-refractivity contribution in [2.75, 3.05) is 26.0 Å². The first-order valence-corrected chi connectivity index (χ1v) is 5.80. The molecule has 3 nitrogen and oxygen atoms in total. The SMILES string of the molecule is CN=Cc1cc(C=NC(C)C)cc(N(C)C)c1. The average Bonchev–Trinajstić information content (AvgIpc) is 2.26. The number of hydrogen-bond donors (Lipinski definition) is 0. The monoisotopic (exact) mass is 231 g/mol. The van der Waals surface area contributed by atoms with Crippen LogP contribution < -0.4 is 4.90 Å². The maximum absolute atomic E-state index is 4.41. The second-order valence-corrected chi connectivity index (χ2v) is 4.51. The van der Waals surface area contributed by atoms with Crippen molar-refractivity contribution >= 4 is 18.1 Å². The van der Waals surface area contributed by atoms with E-state index in [2.05, 4.69) is 46.9 Å². The maximum Gasteiger partial charge on any atom is 0.0443 e. The summed E-state index contributed by atoms with van der Waals surface area (Å²) in [4.78, 5) is 10.5. The highest BCUT2D eigenvalue weighted by molar-refractivity contribution is 5.88. The number of nitrogens with zero attached hydrogens (tertiary/aromatic N) is 3. The van der Waals surface area contributed by atoms with E-state index >= 15 is 0 Å². The zero-order valence-electron chi connectivity index (χ0n) is 11.3. The van der Waals surface area contributed by atoms with Gasteiger partial charge in [-0.05, 0) is 43.2 Å². The molecule has 0 radical (unpaired) electrons. The van der Waals surface area contributed by atoms with Crippen LogP contribution in [0.25, 0.3) is 0 Å². The van der Waals surface area contributed by atoms with Gasteiger partial charge < -0.3 is 4.90 Å². The Hall–Kier alpha value is -1.64. The second-order valence-electron chi connectivity index (χ2n) is 4.51. The molecule has 0 amide bonds. The molecule has 0 heterocycles. The molecule has 0 aliphatic rings. The van der Waals surface area contributed by atoms with Crippen molar-refractivity contribution in [1.82, 2.24) is 0 Å². The minimum Gasteiger partial charge on any atom is -0.378 e. The molecule has 0 aliphatic heterocycles. The molecule has 3 heteroatoms. The van der Waals surface area contributed by atoms with Gasteiger partial charge in [0.2, 0.25) is 0 Å².